The average molecular weight is 269 g/mol. The van der Waals surface area contributed by atoms with Gasteiger partial charge in [0.15, 0.2) is 5.43 Å². The number of aryl methyl sites for hydroxylation is 1. The van der Waals surface area contributed by atoms with E-state index in [0.29, 0.717) is 0 Å². The second-order valence-corrected chi connectivity index (χ2v) is 5.21. The Bertz CT molecular complexity index is 625. The molecule has 2 rings (SSSR count). The Morgan fingerprint density at radius 2 is 1.85 bits per heavy atom. The first kappa shape index (κ1) is 14.6. The fourth-order valence-corrected chi connectivity index (χ4v) is 2.35. The smallest absolute Gasteiger partial charge is 0.189 e. The molecule has 1 aromatic carbocycles. The number of aromatic nitrogens is 1. The Morgan fingerprint density at radius 3 is 2.65 bits per heavy atom. The van der Waals surface area contributed by atoms with Crippen LogP contribution in [0, 0.1) is 0 Å². The van der Waals surface area contributed by atoms with E-state index in [1.165, 1.54) is 19.3 Å². The van der Waals surface area contributed by atoms with E-state index in [-0.39, 0.29) is 5.43 Å². The lowest BCUT2D eigenvalue weighted by Gasteiger charge is -2.03. The van der Waals surface area contributed by atoms with Gasteiger partial charge in [-0.2, -0.15) is 0 Å². The lowest BCUT2D eigenvalue weighted by Crippen LogP contribution is -2.04. The summed E-state index contributed by atoms with van der Waals surface area (Å²) < 4.78 is 0. The normalized spacial score (nSPS) is 11.4. The van der Waals surface area contributed by atoms with Crippen molar-refractivity contribution in [2.24, 2.45) is 0 Å². The van der Waals surface area contributed by atoms with Gasteiger partial charge in [-0.3, -0.25) is 4.79 Å². The lowest BCUT2D eigenvalue weighted by atomic mass is 10.1. The summed E-state index contributed by atoms with van der Waals surface area (Å²) in [7, 11) is 0. The van der Waals surface area contributed by atoms with Crippen molar-refractivity contribution in [2.75, 3.05) is 0 Å². The summed E-state index contributed by atoms with van der Waals surface area (Å²) in [4.78, 5) is 15.3. The SMILES string of the molecule is CCCC/C=C/CCCc1cc(=O)c2ccccc2[nH]1. The van der Waals surface area contributed by atoms with Crippen LogP contribution in [0.25, 0.3) is 10.9 Å². The second-order valence-electron chi connectivity index (χ2n) is 5.21. The number of rotatable bonds is 7. The Labute approximate surface area is 120 Å². The maximum atomic E-state index is 12.0. The number of nitrogens with one attached hydrogen (secondary N) is 1. The molecule has 1 aromatic heterocycles. The Kier molecular flexibility index (Phi) is 5.60. The van der Waals surface area contributed by atoms with E-state index in [9.17, 15) is 4.79 Å². The minimum absolute atomic E-state index is 0.118. The quantitative estimate of drug-likeness (QED) is 0.578. The Morgan fingerprint density at radius 1 is 1.10 bits per heavy atom. The van der Waals surface area contributed by atoms with Gasteiger partial charge in [0, 0.05) is 22.7 Å². The third kappa shape index (κ3) is 4.09. The molecule has 2 heteroatoms. The number of hydrogen-bond acceptors (Lipinski definition) is 1. The Balaban J connectivity index is 1.90. The van der Waals surface area contributed by atoms with Gasteiger partial charge in [0.05, 0.1) is 0 Å². The number of pyridine rings is 1. The van der Waals surface area contributed by atoms with E-state index in [1.54, 1.807) is 6.07 Å². The molecule has 0 aliphatic rings. The summed E-state index contributed by atoms with van der Waals surface area (Å²) in [6, 6.07) is 9.43. The highest BCUT2D eigenvalue weighted by Crippen LogP contribution is 2.09. The van der Waals surface area contributed by atoms with Gasteiger partial charge in [-0.05, 0) is 37.8 Å². The van der Waals surface area contributed by atoms with E-state index in [2.05, 4.69) is 24.1 Å². The van der Waals surface area contributed by atoms with Gasteiger partial charge in [-0.1, -0.05) is 44.1 Å². The molecular weight excluding hydrogens is 246 g/mol. The molecule has 2 aromatic rings. The molecule has 20 heavy (non-hydrogen) atoms. The van der Waals surface area contributed by atoms with Crippen molar-refractivity contribution in [3.63, 3.8) is 0 Å². The third-order valence-electron chi connectivity index (χ3n) is 3.50. The standard InChI is InChI=1S/C18H23NO/c1-2-3-4-5-6-7-8-11-15-14-18(20)16-12-9-10-13-17(16)19-15/h5-6,9-10,12-14H,2-4,7-8,11H2,1H3,(H,19,20)/b6-5+. The topological polar surface area (TPSA) is 32.9 Å². The van der Waals surface area contributed by atoms with Crippen molar-refractivity contribution >= 4 is 10.9 Å². The number of unbranched alkanes of at least 4 members (excludes halogenated alkanes) is 3. The van der Waals surface area contributed by atoms with Crippen LogP contribution in [0.1, 0.15) is 44.7 Å². The molecule has 0 aliphatic heterocycles. The molecule has 2 nitrogen and oxygen atoms in total. The minimum atomic E-state index is 0.118. The summed E-state index contributed by atoms with van der Waals surface area (Å²) in [5, 5.41) is 0.774. The van der Waals surface area contributed by atoms with E-state index in [4.69, 9.17) is 0 Å². The molecule has 0 bridgehead atoms. The van der Waals surface area contributed by atoms with Crippen LogP contribution < -0.4 is 5.43 Å². The first-order valence-corrected chi connectivity index (χ1v) is 7.57. The zero-order valence-corrected chi connectivity index (χ0v) is 12.2. The molecule has 0 spiro atoms. The van der Waals surface area contributed by atoms with Crippen LogP contribution in [0.15, 0.2) is 47.3 Å². The van der Waals surface area contributed by atoms with E-state index < -0.39 is 0 Å². The van der Waals surface area contributed by atoms with Crippen LogP contribution >= 0.6 is 0 Å². The van der Waals surface area contributed by atoms with Crippen molar-refractivity contribution in [1.29, 1.82) is 0 Å². The van der Waals surface area contributed by atoms with Gasteiger partial charge >= 0.3 is 0 Å². The number of H-pyrrole nitrogens is 1. The van der Waals surface area contributed by atoms with Crippen LogP contribution in [0.5, 0.6) is 0 Å². The monoisotopic (exact) mass is 269 g/mol. The lowest BCUT2D eigenvalue weighted by molar-refractivity contribution is 0.796. The van der Waals surface area contributed by atoms with Crippen molar-refractivity contribution in [3.8, 4) is 0 Å². The van der Waals surface area contributed by atoms with Crippen molar-refractivity contribution < 1.29 is 0 Å². The molecule has 0 aliphatic carbocycles. The number of fused-ring (bicyclic) bond motifs is 1. The summed E-state index contributed by atoms with van der Waals surface area (Å²) >= 11 is 0. The second kappa shape index (κ2) is 7.68. The van der Waals surface area contributed by atoms with Crippen molar-refractivity contribution in [2.45, 2.75) is 45.4 Å². The zero-order chi connectivity index (χ0) is 14.2. The summed E-state index contributed by atoms with van der Waals surface area (Å²) in [5.41, 5.74) is 2.09. The van der Waals surface area contributed by atoms with E-state index in [1.807, 2.05) is 24.3 Å². The molecule has 0 amide bonds. The number of allylic oxidation sites excluding steroid dienone is 2. The zero-order valence-electron chi connectivity index (χ0n) is 12.2. The number of para-hydroxylation sites is 1. The fraction of sp³-hybridized carbons (Fsp3) is 0.389. The van der Waals surface area contributed by atoms with Crippen molar-refractivity contribution in [1.82, 2.24) is 4.98 Å². The molecule has 0 radical (unpaired) electrons. The molecule has 0 unspecified atom stereocenters. The molecule has 1 N–H and O–H groups in total. The highest BCUT2D eigenvalue weighted by molar-refractivity contribution is 5.78. The largest absolute Gasteiger partial charge is 0.358 e. The fourth-order valence-electron chi connectivity index (χ4n) is 2.35. The van der Waals surface area contributed by atoms with Gasteiger partial charge in [0.25, 0.3) is 0 Å². The molecule has 0 atom stereocenters. The summed E-state index contributed by atoms with van der Waals surface area (Å²) in [6.07, 6.45) is 11.3. The number of benzene rings is 1. The van der Waals surface area contributed by atoms with E-state index >= 15 is 0 Å². The first-order valence-electron chi connectivity index (χ1n) is 7.57. The maximum absolute atomic E-state index is 12.0. The molecule has 0 saturated carbocycles. The van der Waals surface area contributed by atoms with E-state index in [0.717, 1.165) is 35.9 Å². The number of aromatic amines is 1. The van der Waals surface area contributed by atoms with Gasteiger partial charge in [-0.15, -0.1) is 0 Å². The highest BCUT2D eigenvalue weighted by atomic mass is 16.1. The molecule has 0 fully saturated rings. The van der Waals surface area contributed by atoms with Gasteiger partial charge in [0.2, 0.25) is 0 Å². The van der Waals surface area contributed by atoms with Crippen LogP contribution in [0.4, 0.5) is 0 Å². The number of hydrogen-bond donors (Lipinski definition) is 1. The van der Waals surface area contributed by atoms with Gasteiger partial charge in [0.1, 0.15) is 0 Å². The first-order chi connectivity index (χ1) is 9.81. The maximum Gasteiger partial charge on any atom is 0.189 e. The molecule has 106 valence electrons. The highest BCUT2D eigenvalue weighted by Gasteiger charge is 2.00. The van der Waals surface area contributed by atoms with Crippen LogP contribution in [0.3, 0.4) is 0 Å². The molecule has 1 heterocycles. The average Bonchev–Trinajstić information content (AvgIpc) is 2.46. The molecule has 0 saturated heterocycles. The van der Waals surface area contributed by atoms with Gasteiger partial charge < -0.3 is 4.98 Å². The molecular formula is C18H23NO. The van der Waals surface area contributed by atoms with Crippen molar-refractivity contribution in [3.05, 3.63) is 58.4 Å². The van der Waals surface area contributed by atoms with Crippen LogP contribution in [-0.4, -0.2) is 4.98 Å². The van der Waals surface area contributed by atoms with Gasteiger partial charge in [-0.25, -0.2) is 0 Å². The third-order valence-corrected chi connectivity index (χ3v) is 3.50. The Hall–Kier alpha value is -1.83. The summed E-state index contributed by atoms with van der Waals surface area (Å²) in [6.45, 7) is 2.21. The predicted molar refractivity (Wildman–Crippen MR) is 86.2 cm³/mol. The van der Waals surface area contributed by atoms with Crippen LogP contribution in [0.2, 0.25) is 0 Å². The van der Waals surface area contributed by atoms with Crippen LogP contribution in [-0.2, 0) is 6.42 Å². The minimum Gasteiger partial charge on any atom is -0.358 e. The summed E-state index contributed by atoms with van der Waals surface area (Å²) in [5.74, 6) is 0. The predicted octanol–water partition coefficient (Wildman–Crippen LogP) is 4.60.